The van der Waals surface area contributed by atoms with Gasteiger partial charge in [-0.05, 0) is 44.7 Å². The lowest BCUT2D eigenvalue weighted by Gasteiger charge is -2.26. The third kappa shape index (κ3) is 2.98. The molecule has 0 saturated heterocycles. The van der Waals surface area contributed by atoms with E-state index in [-0.39, 0.29) is 11.9 Å². The number of hydrogen-bond acceptors (Lipinski definition) is 4. The van der Waals surface area contributed by atoms with E-state index in [1.165, 1.54) is 12.8 Å². The van der Waals surface area contributed by atoms with Crippen LogP contribution < -0.4 is 11.3 Å². The summed E-state index contributed by atoms with van der Waals surface area (Å²) >= 11 is 0. The van der Waals surface area contributed by atoms with Crippen molar-refractivity contribution in [1.82, 2.24) is 9.88 Å². The van der Waals surface area contributed by atoms with Crippen molar-refractivity contribution < 1.29 is 4.79 Å². The second kappa shape index (κ2) is 5.35. The minimum absolute atomic E-state index is 0.0194. The molecule has 0 bridgehead atoms. The first-order chi connectivity index (χ1) is 8.61. The number of carbonyl (C=O) groups excluding carboxylic acids is 1. The molecule has 1 aromatic rings. The summed E-state index contributed by atoms with van der Waals surface area (Å²) in [5.41, 5.74) is 3.67. The fourth-order valence-electron chi connectivity index (χ4n) is 1.89. The van der Waals surface area contributed by atoms with Gasteiger partial charge in [-0.15, -0.1) is 0 Å². The lowest BCUT2D eigenvalue weighted by atomic mass is 10.2. The third-order valence-electron chi connectivity index (χ3n) is 3.18. The maximum atomic E-state index is 12.4. The Morgan fingerprint density at radius 3 is 2.89 bits per heavy atom. The van der Waals surface area contributed by atoms with Gasteiger partial charge >= 0.3 is 0 Å². The topological polar surface area (TPSA) is 71.2 Å². The SMILES string of the molecule is CC(C)N(CC1CC1)C(=O)c1cc(NN)ccn1. The van der Waals surface area contributed by atoms with Crippen molar-refractivity contribution in [1.29, 1.82) is 0 Å². The van der Waals surface area contributed by atoms with Crippen molar-refractivity contribution in [3.63, 3.8) is 0 Å². The van der Waals surface area contributed by atoms with E-state index >= 15 is 0 Å². The van der Waals surface area contributed by atoms with Crippen molar-refractivity contribution in [2.75, 3.05) is 12.0 Å². The van der Waals surface area contributed by atoms with Gasteiger partial charge in [-0.3, -0.25) is 15.6 Å². The molecule has 0 radical (unpaired) electrons. The molecule has 1 aliphatic rings. The van der Waals surface area contributed by atoms with Crippen molar-refractivity contribution in [3.05, 3.63) is 24.0 Å². The molecule has 2 rings (SSSR count). The monoisotopic (exact) mass is 248 g/mol. The van der Waals surface area contributed by atoms with Crippen molar-refractivity contribution in [3.8, 4) is 0 Å². The van der Waals surface area contributed by atoms with E-state index in [0.29, 0.717) is 17.3 Å². The number of nitrogens with one attached hydrogen (secondary N) is 1. The molecule has 1 aromatic heterocycles. The van der Waals surface area contributed by atoms with Crippen molar-refractivity contribution >= 4 is 11.6 Å². The Labute approximate surface area is 107 Å². The fourth-order valence-corrected chi connectivity index (χ4v) is 1.89. The van der Waals surface area contributed by atoms with Gasteiger partial charge in [0, 0.05) is 18.8 Å². The molecule has 0 spiro atoms. The summed E-state index contributed by atoms with van der Waals surface area (Å²) in [6, 6.07) is 3.61. The number of rotatable bonds is 5. The maximum absolute atomic E-state index is 12.4. The Morgan fingerprint density at radius 2 is 2.33 bits per heavy atom. The first-order valence-electron chi connectivity index (χ1n) is 6.35. The van der Waals surface area contributed by atoms with Crippen LogP contribution in [-0.2, 0) is 0 Å². The van der Waals surface area contributed by atoms with E-state index in [1.807, 2.05) is 18.7 Å². The number of carbonyl (C=O) groups is 1. The van der Waals surface area contributed by atoms with Crippen LogP contribution >= 0.6 is 0 Å². The second-order valence-electron chi connectivity index (χ2n) is 5.07. The highest BCUT2D eigenvalue weighted by atomic mass is 16.2. The highest BCUT2D eigenvalue weighted by Crippen LogP contribution is 2.30. The minimum atomic E-state index is -0.0194. The number of amides is 1. The Bertz CT molecular complexity index is 429. The summed E-state index contributed by atoms with van der Waals surface area (Å²) in [6.45, 7) is 4.90. The molecule has 18 heavy (non-hydrogen) atoms. The standard InChI is InChI=1S/C13H20N4O/c1-9(2)17(8-10-3-4-10)13(18)12-7-11(16-14)5-6-15-12/h5-7,9-10H,3-4,8,14H2,1-2H3,(H,15,16). The van der Waals surface area contributed by atoms with Crippen molar-refractivity contribution in [2.45, 2.75) is 32.7 Å². The van der Waals surface area contributed by atoms with Crippen molar-refractivity contribution in [2.24, 2.45) is 11.8 Å². The molecule has 1 saturated carbocycles. The van der Waals surface area contributed by atoms with E-state index < -0.39 is 0 Å². The normalized spacial score (nSPS) is 14.7. The smallest absolute Gasteiger partial charge is 0.272 e. The molecule has 1 heterocycles. The molecule has 5 heteroatoms. The molecule has 0 unspecified atom stereocenters. The molecule has 0 aliphatic heterocycles. The first-order valence-corrected chi connectivity index (χ1v) is 6.35. The number of hydrazine groups is 1. The summed E-state index contributed by atoms with van der Waals surface area (Å²) in [5.74, 6) is 6.00. The average molecular weight is 248 g/mol. The first kappa shape index (κ1) is 12.8. The van der Waals surface area contributed by atoms with Gasteiger partial charge in [0.15, 0.2) is 0 Å². The number of nitrogens with zero attached hydrogens (tertiary/aromatic N) is 2. The van der Waals surface area contributed by atoms with Gasteiger partial charge in [-0.1, -0.05) is 0 Å². The zero-order valence-corrected chi connectivity index (χ0v) is 10.9. The minimum Gasteiger partial charge on any atom is -0.335 e. The average Bonchev–Trinajstić information content (AvgIpc) is 3.19. The number of nitrogen functional groups attached to an aromatic ring is 1. The van der Waals surface area contributed by atoms with Gasteiger partial charge in [-0.2, -0.15) is 0 Å². The number of nitrogens with two attached hydrogens (primary N) is 1. The van der Waals surface area contributed by atoms with Gasteiger partial charge < -0.3 is 10.3 Å². The van der Waals surface area contributed by atoms with Crippen LogP contribution in [0.1, 0.15) is 37.2 Å². The fraction of sp³-hybridized carbons (Fsp3) is 0.538. The Morgan fingerprint density at radius 1 is 1.61 bits per heavy atom. The molecule has 98 valence electrons. The summed E-state index contributed by atoms with van der Waals surface area (Å²) in [5, 5.41) is 0. The quantitative estimate of drug-likeness (QED) is 0.613. The highest BCUT2D eigenvalue weighted by Gasteiger charge is 2.29. The highest BCUT2D eigenvalue weighted by molar-refractivity contribution is 5.93. The number of hydrogen-bond donors (Lipinski definition) is 2. The number of anilines is 1. The van der Waals surface area contributed by atoms with Crippen LogP contribution in [0.5, 0.6) is 0 Å². The molecule has 1 aliphatic carbocycles. The molecule has 1 amide bonds. The number of aromatic nitrogens is 1. The lowest BCUT2D eigenvalue weighted by Crippen LogP contribution is -2.39. The van der Waals surface area contributed by atoms with Crippen LogP contribution in [0.15, 0.2) is 18.3 Å². The number of pyridine rings is 1. The van der Waals surface area contributed by atoms with E-state index in [0.717, 1.165) is 6.54 Å². The van der Waals surface area contributed by atoms with E-state index in [4.69, 9.17) is 5.84 Å². The second-order valence-corrected chi connectivity index (χ2v) is 5.07. The maximum Gasteiger partial charge on any atom is 0.272 e. The van der Waals surface area contributed by atoms with Crippen LogP contribution in [0.4, 0.5) is 5.69 Å². The third-order valence-corrected chi connectivity index (χ3v) is 3.18. The van der Waals surface area contributed by atoms with E-state index in [2.05, 4.69) is 10.4 Å². The Hall–Kier alpha value is -1.62. The van der Waals surface area contributed by atoms with Gasteiger partial charge in [0.25, 0.3) is 5.91 Å². The molecular formula is C13H20N4O. The van der Waals surface area contributed by atoms with Gasteiger partial charge in [0.05, 0.1) is 5.69 Å². The molecule has 5 nitrogen and oxygen atoms in total. The summed E-state index contributed by atoms with van der Waals surface area (Å²) in [7, 11) is 0. The zero-order chi connectivity index (χ0) is 13.1. The van der Waals surface area contributed by atoms with Gasteiger partial charge in [0.1, 0.15) is 5.69 Å². The summed E-state index contributed by atoms with van der Waals surface area (Å²) < 4.78 is 0. The van der Waals surface area contributed by atoms with Gasteiger partial charge in [-0.25, -0.2) is 0 Å². The summed E-state index contributed by atoms with van der Waals surface area (Å²) in [6.07, 6.45) is 4.06. The zero-order valence-electron chi connectivity index (χ0n) is 10.9. The largest absolute Gasteiger partial charge is 0.335 e. The Kier molecular flexibility index (Phi) is 3.81. The van der Waals surface area contributed by atoms with E-state index in [9.17, 15) is 4.79 Å². The summed E-state index contributed by atoms with van der Waals surface area (Å²) in [4.78, 5) is 18.4. The van der Waals surface area contributed by atoms with Crippen LogP contribution in [0.3, 0.4) is 0 Å². The van der Waals surface area contributed by atoms with Crippen LogP contribution in [0, 0.1) is 5.92 Å². The predicted octanol–water partition coefficient (Wildman–Crippen LogP) is 1.63. The van der Waals surface area contributed by atoms with E-state index in [1.54, 1.807) is 18.3 Å². The van der Waals surface area contributed by atoms with Crippen LogP contribution in [0.25, 0.3) is 0 Å². The van der Waals surface area contributed by atoms with Crippen LogP contribution in [-0.4, -0.2) is 28.4 Å². The molecule has 1 fully saturated rings. The predicted molar refractivity (Wildman–Crippen MR) is 70.9 cm³/mol. The lowest BCUT2D eigenvalue weighted by molar-refractivity contribution is 0.0690. The molecule has 0 atom stereocenters. The molecular weight excluding hydrogens is 228 g/mol. The molecule has 3 N–H and O–H groups in total. The van der Waals surface area contributed by atoms with Gasteiger partial charge in [0.2, 0.25) is 0 Å². The molecule has 0 aromatic carbocycles. The van der Waals surface area contributed by atoms with Crippen LogP contribution in [0.2, 0.25) is 0 Å². The Balaban J connectivity index is 2.15.